The van der Waals surface area contributed by atoms with Crippen LogP contribution in [0.3, 0.4) is 0 Å². The second-order valence-electron chi connectivity index (χ2n) is 6.10. The fourth-order valence-corrected chi connectivity index (χ4v) is 4.12. The van der Waals surface area contributed by atoms with Crippen molar-refractivity contribution in [3.8, 4) is 0 Å². The van der Waals surface area contributed by atoms with Gasteiger partial charge in [0.1, 0.15) is 0 Å². The molecule has 0 atom stereocenters. The number of pyridine rings is 1. The summed E-state index contributed by atoms with van der Waals surface area (Å²) < 4.78 is 1.71. The molecule has 0 radical (unpaired) electrons. The van der Waals surface area contributed by atoms with Gasteiger partial charge in [-0.2, -0.15) is 0 Å². The Morgan fingerprint density at radius 1 is 1.00 bits per heavy atom. The molecule has 2 aromatic carbocycles. The number of carbonyl (C=O) groups is 2. The van der Waals surface area contributed by atoms with E-state index in [0.717, 1.165) is 14.7 Å². The minimum Gasteiger partial charge on any atom is -0.295 e. The Labute approximate surface area is 173 Å². The molecule has 0 saturated carbocycles. The van der Waals surface area contributed by atoms with Crippen LogP contribution < -0.4 is 4.90 Å². The molecule has 5 nitrogen and oxygen atoms in total. The zero-order valence-corrected chi connectivity index (χ0v) is 17.2. The molecule has 0 bridgehead atoms. The van der Waals surface area contributed by atoms with Crippen LogP contribution >= 0.6 is 27.3 Å². The number of Topliss-reactive ketones (excluding diaryl/α,β-unsaturated/α-hetero) is 1. The van der Waals surface area contributed by atoms with Gasteiger partial charge in [-0.05, 0) is 65.3 Å². The number of rotatable bonds is 4. The monoisotopic (exact) mass is 451 g/mol. The molecule has 2 heterocycles. The number of benzene rings is 2. The third-order valence-electron chi connectivity index (χ3n) is 4.16. The molecule has 0 N–H and O–H groups in total. The van der Waals surface area contributed by atoms with E-state index in [0.29, 0.717) is 21.9 Å². The highest BCUT2D eigenvalue weighted by Gasteiger charge is 2.24. The zero-order chi connectivity index (χ0) is 19.7. The number of fused-ring (bicyclic) bond motifs is 1. The Hall–Kier alpha value is -2.90. The maximum absolute atomic E-state index is 13.4. The van der Waals surface area contributed by atoms with E-state index in [4.69, 9.17) is 0 Å². The second kappa shape index (κ2) is 7.61. The van der Waals surface area contributed by atoms with Crippen LogP contribution in [0.15, 0.2) is 71.5 Å². The Balaban J connectivity index is 1.84. The molecule has 0 aliphatic heterocycles. The Morgan fingerprint density at radius 2 is 1.75 bits per heavy atom. The van der Waals surface area contributed by atoms with Gasteiger partial charge >= 0.3 is 0 Å². The summed E-state index contributed by atoms with van der Waals surface area (Å²) in [5.74, 6) is -0.274. The summed E-state index contributed by atoms with van der Waals surface area (Å²) in [5.41, 5.74) is 2.48. The van der Waals surface area contributed by atoms with Crippen LogP contribution in [0.25, 0.3) is 10.2 Å². The fraction of sp³-hybridized carbons (Fsp3) is 0.0476. The molecule has 0 aliphatic rings. The zero-order valence-electron chi connectivity index (χ0n) is 14.8. The van der Waals surface area contributed by atoms with Crippen LogP contribution in [0.1, 0.15) is 27.6 Å². The first kappa shape index (κ1) is 18.5. The summed E-state index contributed by atoms with van der Waals surface area (Å²) in [7, 11) is 0. The minimum absolute atomic E-state index is 0.0272. The maximum Gasteiger partial charge on any atom is 0.266 e. The predicted octanol–water partition coefficient (Wildman–Crippen LogP) is 5.63. The lowest BCUT2D eigenvalue weighted by Crippen LogP contribution is -2.26. The second-order valence-corrected chi connectivity index (χ2v) is 8.02. The molecule has 138 valence electrons. The summed E-state index contributed by atoms with van der Waals surface area (Å²) in [5, 5.41) is 0.557. The number of thiazole rings is 1. The Morgan fingerprint density at radius 3 is 2.43 bits per heavy atom. The van der Waals surface area contributed by atoms with Gasteiger partial charge in [-0.3, -0.25) is 19.5 Å². The van der Waals surface area contributed by atoms with Crippen LogP contribution in [0.2, 0.25) is 0 Å². The lowest BCUT2D eigenvalue weighted by atomic mass is 10.1. The highest BCUT2D eigenvalue weighted by molar-refractivity contribution is 9.10. The maximum atomic E-state index is 13.4. The number of nitrogens with zero attached hydrogens (tertiary/aromatic N) is 3. The van der Waals surface area contributed by atoms with E-state index in [1.807, 2.05) is 24.3 Å². The minimum atomic E-state index is -0.247. The van der Waals surface area contributed by atoms with Crippen molar-refractivity contribution in [2.45, 2.75) is 6.92 Å². The molecular weight excluding hydrogens is 438 g/mol. The van der Waals surface area contributed by atoms with E-state index in [1.165, 1.54) is 24.5 Å². The van der Waals surface area contributed by atoms with Crippen molar-refractivity contribution in [2.75, 3.05) is 4.90 Å². The first-order valence-corrected chi connectivity index (χ1v) is 10.1. The number of aromatic nitrogens is 2. The van der Waals surface area contributed by atoms with Gasteiger partial charge < -0.3 is 0 Å². The molecule has 7 heteroatoms. The van der Waals surface area contributed by atoms with Gasteiger partial charge in [-0.25, -0.2) is 4.98 Å². The van der Waals surface area contributed by atoms with Crippen LogP contribution in [-0.4, -0.2) is 21.7 Å². The molecule has 1 amide bonds. The molecular formula is C21H14BrN3O2S. The average molecular weight is 452 g/mol. The van der Waals surface area contributed by atoms with E-state index in [-0.39, 0.29) is 11.7 Å². The summed E-state index contributed by atoms with van der Waals surface area (Å²) in [6.07, 6.45) is 3.15. The number of carbonyl (C=O) groups excluding carboxylic acids is 2. The van der Waals surface area contributed by atoms with Gasteiger partial charge in [-0.1, -0.05) is 23.5 Å². The van der Waals surface area contributed by atoms with Gasteiger partial charge in [0.2, 0.25) is 0 Å². The summed E-state index contributed by atoms with van der Waals surface area (Å²) in [6, 6.07) is 16.4. The predicted molar refractivity (Wildman–Crippen MR) is 114 cm³/mol. The third kappa shape index (κ3) is 3.58. The number of ketones is 1. The molecule has 0 saturated heterocycles. The molecule has 0 unspecified atom stereocenters. The molecule has 2 aromatic heterocycles. The number of anilines is 2. The number of halogens is 1. The molecule has 0 spiro atoms. The van der Waals surface area contributed by atoms with Crippen LogP contribution in [0.5, 0.6) is 0 Å². The van der Waals surface area contributed by atoms with Gasteiger partial charge in [-0.15, -0.1) is 0 Å². The lowest BCUT2D eigenvalue weighted by molar-refractivity contribution is 0.0996. The van der Waals surface area contributed by atoms with Crippen molar-refractivity contribution in [2.24, 2.45) is 0 Å². The first-order valence-electron chi connectivity index (χ1n) is 8.44. The Kier molecular flexibility index (Phi) is 5.02. The fourth-order valence-electron chi connectivity index (χ4n) is 2.77. The first-order chi connectivity index (χ1) is 13.5. The van der Waals surface area contributed by atoms with Gasteiger partial charge in [0.05, 0.1) is 21.5 Å². The van der Waals surface area contributed by atoms with E-state index in [9.17, 15) is 9.59 Å². The molecule has 4 aromatic rings. The van der Waals surface area contributed by atoms with Crippen LogP contribution in [-0.2, 0) is 0 Å². The van der Waals surface area contributed by atoms with E-state index >= 15 is 0 Å². The van der Waals surface area contributed by atoms with E-state index in [1.54, 1.807) is 41.4 Å². The van der Waals surface area contributed by atoms with Gasteiger partial charge in [0, 0.05) is 22.4 Å². The van der Waals surface area contributed by atoms with E-state index in [2.05, 4.69) is 25.9 Å². The van der Waals surface area contributed by atoms with Crippen molar-refractivity contribution in [1.29, 1.82) is 0 Å². The average Bonchev–Trinajstić information content (AvgIpc) is 3.12. The van der Waals surface area contributed by atoms with E-state index < -0.39 is 0 Å². The summed E-state index contributed by atoms with van der Waals surface area (Å²) in [6.45, 7) is 1.51. The number of hydrogen-bond donors (Lipinski definition) is 0. The van der Waals surface area contributed by atoms with Crippen LogP contribution in [0, 0.1) is 0 Å². The lowest BCUT2D eigenvalue weighted by Gasteiger charge is -2.20. The molecule has 0 aliphatic carbocycles. The molecule has 0 fully saturated rings. The third-order valence-corrected chi connectivity index (χ3v) is 5.62. The van der Waals surface area contributed by atoms with Crippen molar-refractivity contribution in [1.82, 2.24) is 9.97 Å². The largest absolute Gasteiger partial charge is 0.295 e. The summed E-state index contributed by atoms with van der Waals surface area (Å²) >= 11 is 4.79. The van der Waals surface area contributed by atoms with Gasteiger partial charge in [0.25, 0.3) is 5.91 Å². The summed E-state index contributed by atoms with van der Waals surface area (Å²) in [4.78, 5) is 35.3. The van der Waals surface area contributed by atoms with Gasteiger partial charge in [0.15, 0.2) is 10.9 Å². The van der Waals surface area contributed by atoms with Crippen molar-refractivity contribution >= 4 is 60.0 Å². The van der Waals surface area contributed by atoms with Crippen LogP contribution in [0.4, 0.5) is 10.8 Å². The van der Waals surface area contributed by atoms with Crippen molar-refractivity contribution < 1.29 is 9.59 Å². The standard InChI is InChI=1S/C21H14BrN3O2S/c1-13(26)14-6-8-17(9-7-14)25(20(27)15-10-16(22)12-23-11-15)21-24-18-4-2-3-5-19(18)28-21/h2-12H,1H3. The number of hydrogen-bond acceptors (Lipinski definition) is 5. The van der Waals surface area contributed by atoms with Crippen molar-refractivity contribution in [3.05, 3.63) is 82.6 Å². The highest BCUT2D eigenvalue weighted by atomic mass is 79.9. The smallest absolute Gasteiger partial charge is 0.266 e. The number of para-hydroxylation sites is 1. The topological polar surface area (TPSA) is 63.2 Å². The molecule has 28 heavy (non-hydrogen) atoms. The molecule has 4 rings (SSSR count). The van der Waals surface area contributed by atoms with Crippen molar-refractivity contribution in [3.63, 3.8) is 0 Å². The highest BCUT2D eigenvalue weighted by Crippen LogP contribution is 2.34. The Bertz CT molecular complexity index is 1150. The number of amides is 1. The quantitative estimate of drug-likeness (QED) is 0.376. The SMILES string of the molecule is CC(=O)c1ccc(N(C(=O)c2cncc(Br)c2)c2nc3ccccc3s2)cc1. The normalized spacial score (nSPS) is 10.8.